The highest BCUT2D eigenvalue weighted by Crippen LogP contribution is 2.25. The molecule has 0 saturated carbocycles. The molecule has 0 radical (unpaired) electrons. The molecule has 1 unspecified atom stereocenters. The van der Waals surface area contributed by atoms with E-state index in [1.165, 1.54) is 0 Å². The number of benzene rings is 1. The number of amides is 2. The van der Waals surface area contributed by atoms with Crippen LogP contribution in [0.4, 0.5) is 10.5 Å². The van der Waals surface area contributed by atoms with Crippen molar-refractivity contribution in [1.29, 1.82) is 0 Å². The van der Waals surface area contributed by atoms with Gasteiger partial charge in [-0.15, -0.1) is 0 Å². The van der Waals surface area contributed by atoms with Crippen molar-refractivity contribution in [2.24, 2.45) is 5.92 Å². The van der Waals surface area contributed by atoms with Gasteiger partial charge in [-0.2, -0.15) is 0 Å². The van der Waals surface area contributed by atoms with Gasteiger partial charge in [-0.1, -0.05) is 19.9 Å². The van der Waals surface area contributed by atoms with Crippen LogP contribution in [-0.4, -0.2) is 18.7 Å². The van der Waals surface area contributed by atoms with Crippen LogP contribution in [0.3, 0.4) is 0 Å². The molecule has 19 heavy (non-hydrogen) atoms. The molecule has 4 nitrogen and oxygen atoms in total. The quantitative estimate of drug-likeness (QED) is 0.854. The van der Waals surface area contributed by atoms with Crippen LogP contribution in [0.1, 0.15) is 33.3 Å². The normalized spacial score (nSPS) is 12.1. The Kier molecular flexibility index (Phi) is 5.67. The van der Waals surface area contributed by atoms with Gasteiger partial charge in [0.15, 0.2) is 0 Å². The van der Waals surface area contributed by atoms with Crippen LogP contribution in [0, 0.1) is 12.8 Å². The molecular formula is C15H24N2O2. The maximum Gasteiger partial charge on any atom is 0.319 e. The summed E-state index contributed by atoms with van der Waals surface area (Å²) in [7, 11) is 0. The van der Waals surface area contributed by atoms with Crippen molar-refractivity contribution in [3.63, 3.8) is 0 Å². The first-order valence-electron chi connectivity index (χ1n) is 6.75. The Hall–Kier alpha value is -1.71. The summed E-state index contributed by atoms with van der Waals surface area (Å²) in [5.41, 5.74) is 1.80. The third kappa shape index (κ3) is 4.81. The topological polar surface area (TPSA) is 50.4 Å². The zero-order chi connectivity index (χ0) is 14.4. The summed E-state index contributed by atoms with van der Waals surface area (Å²) >= 11 is 0. The van der Waals surface area contributed by atoms with E-state index in [1.807, 2.05) is 39.0 Å². The molecule has 0 aromatic heterocycles. The first-order valence-corrected chi connectivity index (χ1v) is 6.75. The van der Waals surface area contributed by atoms with Gasteiger partial charge in [0.05, 0.1) is 12.3 Å². The number of carbonyl (C=O) groups is 1. The second kappa shape index (κ2) is 7.02. The molecule has 106 valence electrons. The first-order chi connectivity index (χ1) is 8.93. The largest absolute Gasteiger partial charge is 0.492 e. The zero-order valence-corrected chi connectivity index (χ0v) is 12.4. The van der Waals surface area contributed by atoms with Crippen LogP contribution in [0.2, 0.25) is 0 Å². The highest BCUT2D eigenvalue weighted by Gasteiger charge is 2.12. The number of hydrogen-bond acceptors (Lipinski definition) is 2. The molecule has 0 heterocycles. The lowest BCUT2D eigenvalue weighted by Crippen LogP contribution is -2.39. The van der Waals surface area contributed by atoms with E-state index in [1.54, 1.807) is 0 Å². The van der Waals surface area contributed by atoms with Gasteiger partial charge in [0, 0.05) is 6.04 Å². The number of nitrogens with one attached hydrogen (secondary N) is 2. The Morgan fingerprint density at radius 1 is 1.32 bits per heavy atom. The SMILES string of the molecule is CCOc1cc(C)ccc1NC(=O)NC(C)C(C)C. The minimum atomic E-state index is -0.203. The van der Waals surface area contributed by atoms with E-state index in [2.05, 4.69) is 24.5 Å². The van der Waals surface area contributed by atoms with E-state index in [0.717, 1.165) is 5.56 Å². The highest BCUT2D eigenvalue weighted by molar-refractivity contribution is 5.91. The maximum absolute atomic E-state index is 11.9. The van der Waals surface area contributed by atoms with E-state index in [9.17, 15) is 4.79 Å². The van der Waals surface area contributed by atoms with Gasteiger partial charge in [0.25, 0.3) is 0 Å². The summed E-state index contributed by atoms with van der Waals surface area (Å²) in [4.78, 5) is 11.9. The van der Waals surface area contributed by atoms with Gasteiger partial charge in [-0.25, -0.2) is 4.79 Å². The van der Waals surface area contributed by atoms with Crippen molar-refractivity contribution in [2.45, 2.75) is 40.7 Å². The van der Waals surface area contributed by atoms with E-state index in [0.29, 0.717) is 24.0 Å². The molecule has 2 amide bonds. The van der Waals surface area contributed by atoms with Crippen molar-refractivity contribution in [3.8, 4) is 5.75 Å². The van der Waals surface area contributed by atoms with Crippen molar-refractivity contribution >= 4 is 11.7 Å². The van der Waals surface area contributed by atoms with Gasteiger partial charge in [-0.05, 0) is 44.4 Å². The van der Waals surface area contributed by atoms with Crippen molar-refractivity contribution < 1.29 is 9.53 Å². The summed E-state index contributed by atoms with van der Waals surface area (Å²) in [6.07, 6.45) is 0. The smallest absolute Gasteiger partial charge is 0.319 e. The monoisotopic (exact) mass is 264 g/mol. The Labute approximate surface area is 115 Å². The summed E-state index contributed by atoms with van der Waals surface area (Å²) in [6.45, 7) is 10.6. The predicted octanol–water partition coefficient (Wildman–Crippen LogP) is 3.56. The van der Waals surface area contributed by atoms with Gasteiger partial charge in [-0.3, -0.25) is 0 Å². The fourth-order valence-corrected chi connectivity index (χ4v) is 1.54. The van der Waals surface area contributed by atoms with Gasteiger partial charge in [0.2, 0.25) is 0 Å². The Morgan fingerprint density at radius 2 is 2.00 bits per heavy atom. The van der Waals surface area contributed by atoms with Crippen molar-refractivity contribution in [3.05, 3.63) is 23.8 Å². The molecular weight excluding hydrogens is 240 g/mol. The molecule has 0 bridgehead atoms. The maximum atomic E-state index is 11.9. The average Bonchev–Trinajstić information content (AvgIpc) is 2.32. The third-order valence-corrected chi connectivity index (χ3v) is 3.04. The predicted molar refractivity (Wildman–Crippen MR) is 78.8 cm³/mol. The molecule has 0 aliphatic heterocycles. The summed E-state index contributed by atoms with van der Waals surface area (Å²) in [5.74, 6) is 1.10. The van der Waals surface area contributed by atoms with Crippen LogP contribution in [-0.2, 0) is 0 Å². The van der Waals surface area contributed by atoms with Crippen LogP contribution in [0.5, 0.6) is 5.75 Å². The lowest BCUT2D eigenvalue weighted by atomic mass is 10.1. The van der Waals surface area contributed by atoms with Crippen LogP contribution < -0.4 is 15.4 Å². The Balaban J connectivity index is 2.73. The van der Waals surface area contributed by atoms with Crippen LogP contribution in [0.15, 0.2) is 18.2 Å². The lowest BCUT2D eigenvalue weighted by molar-refractivity contribution is 0.245. The van der Waals surface area contributed by atoms with Crippen molar-refractivity contribution in [2.75, 3.05) is 11.9 Å². The fourth-order valence-electron chi connectivity index (χ4n) is 1.54. The Bertz CT molecular complexity index is 430. The van der Waals surface area contributed by atoms with Crippen molar-refractivity contribution in [1.82, 2.24) is 5.32 Å². The van der Waals surface area contributed by atoms with Gasteiger partial charge >= 0.3 is 6.03 Å². The molecule has 1 aromatic carbocycles. The molecule has 0 fully saturated rings. The molecule has 0 saturated heterocycles. The highest BCUT2D eigenvalue weighted by atomic mass is 16.5. The second-order valence-corrected chi connectivity index (χ2v) is 5.06. The molecule has 4 heteroatoms. The molecule has 1 aromatic rings. The molecule has 2 N–H and O–H groups in total. The Morgan fingerprint density at radius 3 is 2.58 bits per heavy atom. The number of carbonyl (C=O) groups excluding carboxylic acids is 1. The van der Waals surface area contributed by atoms with E-state index >= 15 is 0 Å². The number of hydrogen-bond donors (Lipinski definition) is 2. The summed E-state index contributed by atoms with van der Waals surface area (Å²) in [6, 6.07) is 5.65. The fraction of sp³-hybridized carbons (Fsp3) is 0.533. The number of urea groups is 1. The summed E-state index contributed by atoms with van der Waals surface area (Å²) in [5, 5.41) is 5.74. The van der Waals surface area contributed by atoms with Gasteiger partial charge < -0.3 is 15.4 Å². The van der Waals surface area contributed by atoms with Gasteiger partial charge in [0.1, 0.15) is 5.75 Å². The van der Waals surface area contributed by atoms with Crippen LogP contribution >= 0.6 is 0 Å². The van der Waals surface area contributed by atoms with E-state index in [4.69, 9.17) is 4.74 Å². The minimum absolute atomic E-state index is 0.126. The standard InChI is InChI=1S/C15H24N2O2/c1-6-19-14-9-11(4)7-8-13(14)17-15(18)16-12(5)10(2)3/h7-10,12H,6H2,1-5H3,(H2,16,17,18). The molecule has 0 spiro atoms. The average molecular weight is 264 g/mol. The minimum Gasteiger partial charge on any atom is -0.492 e. The summed E-state index contributed by atoms with van der Waals surface area (Å²) < 4.78 is 5.53. The number of aryl methyl sites for hydroxylation is 1. The van der Waals surface area contributed by atoms with Crippen LogP contribution in [0.25, 0.3) is 0 Å². The second-order valence-electron chi connectivity index (χ2n) is 5.06. The molecule has 0 aliphatic rings. The third-order valence-electron chi connectivity index (χ3n) is 3.04. The first kappa shape index (κ1) is 15.3. The lowest BCUT2D eigenvalue weighted by Gasteiger charge is -2.19. The molecule has 1 atom stereocenters. The molecule has 1 rings (SSSR count). The molecule has 0 aliphatic carbocycles. The van der Waals surface area contributed by atoms with E-state index < -0.39 is 0 Å². The van der Waals surface area contributed by atoms with E-state index in [-0.39, 0.29) is 12.1 Å². The number of ether oxygens (including phenoxy) is 1. The number of anilines is 1. The zero-order valence-electron chi connectivity index (χ0n) is 12.4. The number of rotatable bonds is 5.